The first kappa shape index (κ1) is 10.0. The Hall–Kier alpha value is -0.0800. The van der Waals surface area contributed by atoms with E-state index >= 15 is 0 Å². The molecule has 0 radical (unpaired) electrons. The number of hydrogen-bond donors (Lipinski definition) is 1. The molecular weight excluding hydrogens is 152 g/mol. The predicted molar refractivity (Wildman–Crippen MR) is 49.0 cm³/mol. The zero-order chi connectivity index (χ0) is 9.57. The molecule has 0 aromatic carbocycles. The van der Waals surface area contributed by atoms with Gasteiger partial charge in [-0.2, -0.15) is 0 Å². The van der Waals surface area contributed by atoms with Gasteiger partial charge in [-0.1, -0.05) is 0 Å². The Morgan fingerprint density at radius 1 is 1.33 bits per heavy atom. The van der Waals surface area contributed by atoms with E-state index in [4.69, 9.17) is 4.74 Å². The van der Waals surface area contributed by atoms with Crippen LogP contribution in [0, 0.1) is 5.92 Å². The minimum atomic E-state index is -0.276. The van der Waals surface area contributed by atoms with E-state index in [1.807, 2.05) is 6.92 Å². The van der Waals surface area contributed by atoms with E-state index in [-0.39, 0.29) is 23.2 Å². The lowest BCUT2D eigenvalue weighted by atomic mass is 9.84. The zero-order valence-corrected chi connectivity index (χ0v) is 8.72. The second-order valence-corrected chi connectivity index (χ2v) is 5.02. The smallest absolute Gasteiger partial charge is 0.0687 e. The van der Waals surface area contributed by atoms with Crippen molar-refractivity contribution in [2.75, 3.05) is 0 Å². The van der Waals surface area contributed by atoms with E-state index in [0.717, 1.165) is 6.42 Å². The molecule has 0 amide bonds. The summed E-state index contributed by atoms with van der Waals surface area (Å²) in [4.78, 5) is 0. The number of hydrogen-bond acceptors (Lipinski definition) is 2. The van der Waals surface area contributed by atoms with Gasteiger partial charge in [-0.05, 0) is 41.0 Å². The molecule has 2 nitrogen and oxygen atoms in total. The number of rotatable bonds is 1. The Labute approximate surface area is 74.9 Å². The average Bonchev–Trinajstić information content (AvgIpc) is 1.99. The predicted octanol–water partition coefficient (Wildman–Crippen LogP) is 1.96. The van der Waals surface area contributed by atoms with Crippen LogP contribution in [-0.2, 0) is 4.74 Å². The van der Waals surface area contributed by atoms with Crippen molar-refractivity contribution < 1.29 is 9.84 Å². The molecule has 0 saturated carbocycles. The first-order valence-corrected chi connectivity index (χ1v) is 4.63. The van der Waals surface area contributed by atoms with Crippen LogP contribution in [0.1, 0.15) is 41.0 Å². The third-order valence-electron chi connectivity index (χ3n) is 2.73. The Morgan fingerprint density at radius 2 is 1.83 bits per heavy atom. The summed E-state index contributed by atoms with van der Waals surface area (Å²) in [5.41, 5.74) is -0.261. The molecule has 0 spiro atoms. The topological polar surface area (TPSA) is 29.5 Å². The van der Waals surface area contributed by atoms with Crippen LogP contribution in [0.3, 0.4) is 0 Å². The quantitative estimate of drug-likeness (QED) is 0.655. The van der Waals surface area contributed by atoms with E-state index in [1.165, 1.54) is 0 Å². The monoisotopic (exact) mass is 172 g/mol. The summed E-state index contributed by atoms with van der Waals surface area (Å²) >= 11 is 0. The normalized spacial score (nSPS) is 35.0. The second kappa shape index (κ2) is 2.71. The Bertz CT molecular complexity index is 171. The maximum Gasteiger partial charge on any atom is 0.0687 e. The lowest BCUT2D eigenvalue weighted by molar-refractivity contribution is -0.0857. The standard InChI is InChI=1S/C10H20O2/c1-7(11)8-6-9(2,3)12-10(8,4)5/h7-8,11H,6H2,1-5H3. The molecule has 1 fully saturated rings. The summed E-state index contributed by atoms with van der Waals surface area (Å²) in [5, 5.41) is 9.54. The molecule has 2 heteroatoms. The van der Waals surface area contributed by atoms with E-state index < -0.39 is 0 Å². The molecule has 72 valence electrons. The second-order valence-electron chi connectivity index (χ2n) is 5.02. The third-order valence-corrected chi connectivity index (χ3v) is 2.73. The van der Waals surface area contributed by atoms with Gasteiger partial charge >= 0.3 is 0 Å². The summed E-state index contributed by atoms with van der Waals surface area (Å²) in [5.74, 6) is 0.257. The SMILES string of the molecule is CC(O)C1CC(C)(C)OC1(C)C. The summed E-state index contributed by atoms with van der Waals surface area (Å²) < 4.78 is 5.85. The van der Waals surface area contributed by atoms with Gasteiger partial charge in [0.25, 0.3) is 0 Å². The minimum Gasteiger partial charge on any atom is -0.393 e. The van der Waals surface area contributed by atoms with Crippen molar-refractivity contribution in [2.45, 2.75) is 58.3 Å². The number of aliphatic hydroxyl groups is 1. The maximum absolute atomic E-state index is 9.54. The van der Waals surface area contributed by atoms with E-state index in [1.54, 1.807) is 0 Å². The van der Waals surface area contributed by atoms with Crippen LogP contribution >= 0.6 is 0 Å². The molecule has 0 bridgehead atoms. The molecule has 0 aliphatic carbocycles. The Morgan fingerprint density at radius 3 is 2.00 bits per heavy atom. The van der Waals surface area contributed by atoms with Gasteiger partial charge in [-0.3, -0.25) is 0 Å². The van der Waals surface area contributed by atoms with Crippen molar-refractivity contribution >= 4 is 0 Å². The molecule has 12 heavy (non-hydrogen) atoms. The van der Waals surface area contributed by atoms with Crippen LogP contribution < -0.4 is 0 Å². The van der Waals surface area contributed by atoms with E-state index in [9.17, 15) is 5.11 Å². The van der Waals surface area contributed by atoms with Crippen LogP contribution in [0.4, 0.5) is 0 Å². The lowest BCUT2D eigenvalue weighted by Gasteiger charge is -2.28. The summed E-state index contributed by atoms with van der Waals surface area (Å²) in [6.07, 6.45) is 0.666. The van der Waals surface area contributed by atoms with Crippen LogP contribution in [0.15, 0.2) is 0 Å². The molecule has 1 aliphatic rings. The molecule has 2 unspecified atom stereocenters. The maximum atomic E-state index is 9.54. The Kier molecular flexibility index (Phi) is 2.26. The van der Waals surface area contributed by atoms with Crippen molar-refractivity contribution in [3.05, 3.63) is 0 Å². The molecule has 1 rings (SSSR count). The Balaban J connectivity index is 2.78. The van der Waals surface area contributed by atoms with Gasteiger partial charge in [0.2, 0.25) is 0 Å². The molecular formula is C10H20O2. The molecule has 1 saturated heterocycles. The van der Waals surface area contributed by atoms with Crippen molar-refractivity contribution in [1.29, 1.82) is 0 Å². The van der Waals surface area contributed by atoms with E-state index in [0.29, 0.717) is 0 Å². The number of ether oxygens (including phenoxy) is 1. The van der Waals surface area contributed by atoms with Gasteiger partial charge in [-0.25, -0.2) is 0 Å². The fourth-order valence-corrected chi connectivity index (χ4v) is 2.36. The van der Waals surface area contributed by atoms with Gasteiger partial charge < -0.3 is 9.84 Å². The van der Waals surface area contributed by atoms with Crippen molar-refractivity contribution in [3.63, 3.8) is 0 Å². The highest BCUT2D eigenvalue weighted by Gasteiger charge is 2.47. The van der Waals surface area contributed by atoms with Crippen LogP contribution in [-0.4, -0.2) is 22.4 Å². The summed E-state index contributed by atoms with van der Waals surface area (Å²) in [6.45, 7) is 10.1. The van der Waals surface area contributed by atoms with Gasteiger partial charge in [0.15, 0.2) is 0 Å². The van der Waals surface area contributed by atoms with Crippen LogP contribution in [0.2, 0.25) is 0 Å². The zero-order valence-electron chi connectivity index (χ0n) is 8.72. The third kappa shape index (κ3) is 1.80. The van der Waals surface area contributed by atoms with Crippen molar-refractivity contribution in [1.82, 2.24) is 0 Å². The summed E-state index contributed by atoms with van der Waals surface area (Å²) in [7, 11) is 0. The number of aliphatic hydroxyl groups excluding tert-OH is 1. The first-order valence-electron chi connectivity index (χ1n) is 4.63. The first-order chi connectivity index (χ1) is 5.25. The van der Waals surface area contributed by atoms with Gasteiger partial charge in [0.05, 0.1) is 17.3 Å². The molecule has 0 aromatic heterocycles. The largest absolute Gasteiger partial charge is 0.393 e. The average molecular weight is 172 g/mol. The van der Waals surface area contributed by atoms with E-state index in [2.05, 4.69) is 27.7 Å². The van der Waals surface area contributed by atoms with Crippen LogP contribution in [0.25, 0.3) is 0 Å². The van der Waals surface area contributed by atoms with Gasteiger partial charge in [0, 0.05) is 5.92 Å². The fraction of sp³-hybridized carbons (Fsp3) is 1.00. The molecule has 1 heterocycles. The highest BCUT2D eigenvalue weighted by atomic mass is 16.5. The molecule has 2 atom stereocenters. The molecule has 0 aromatic rings. The van der Waals surface area contributed by atoms with Crippen molar-refractivity contribution in [2.24, 2.45) is 5.92 Å². The lowest BCUT2D eigenvalue weighted by Crippen LogP contribution is -2.34. The minimum absolute atomic E-state index is 0.0782. The fourth-order valence-electron chi connectivity index (χ4n) is 2.36. The highest BCUT2D eigenvalue weighted by molar-refractivity contribution is 4.96. The van der Waals surface area contributed by atoms with Gasteiger partial charge in [-0.15, -0.1) is 0 Å². The molecule has 1 N–H and O–H groups in total. The summed E-state index contributed by atoms with van der Waals surface area (Å²) in [6, 6.07) is 0. The molecule has 1 aliphatic heterocycles. The van der Waals surface area contributed by atoms with Gasteiger partial charge in [0.1, 0.15) is 0 Å². The highest BCUT2D eigenvalue weighted by Crippen LogP contribution is 2.43. The van der Waals surface area contributed by atoms with Crippen molar-refractivity contribution in [3.8, 4) is 0 Å². The van der Waals surface area contributed by atoms with Crippen LogP contribution in [0.5, 0.6) is 0 Å².